The number of hydrogen-bond acceptors (Lipinski definition) is 5. The summed E-state index contributed by atoms with van der Waals surface area (Å²) >= 11 is 0. The van der Waals surface area contributed by atoms with Gasteiger partial charge in [-0.05, 0) is 5.56 Å². The average molecular weight is 243 g/mol. The SMILES string of the molecule is NCCNc1cc(NCc2ccccc2)ncn1. The molecule has 94 valence electrons. The summed E-state index contributed by atoms with van der Waals surface area (Å²) in [6, 6.07) is 12.1. The quantitative estimate of drug-likeness (QED) is 0.716. The zero-order valence-electron chi connectivity index (χ0n) is 10.1. The molecule has 0 amide bonds. The summed E-state index contributed by atoms with van der Waals surface area (Å²) in [6.45, 7) is 2.03. The van der Waals surface area contributed by atoms with E-state index in [2.05, 4.69) is 32.7 Å². The molecule has 0 unspecified atom stereocenters. The highest BCUT2D eigenvalue weighted by Crippen LogP contribution is 2.09. The van der Waals surface area contributed by atoms with Crippen molar-refractivity contribution in [1.29, 1.82) is 0 Å². The van der Waals surface area contributed by atoms with Crippen molar-refractivity contribution in [1.82, 2.24) is 9.97 Å². The molecule has 1 heterocycles. The molecule has 0 radical (unpaired) electrons. The van der Waals surface area contributed by atoms with E-state index in [0.717, 1.165) is 18.2 Å². The van der Waals surface area contributed by atoms with Gasteiger partial charge < -0.3 is 16.4 Å². The highest BCUT2D eigenvalue weighted by atomic mass is 15.1. The molecule has 0 bridgehead atoms. The Labute approximate surface area is 106 Å². The minimum atomic E-state index is 0.580. The highest BCUT2D eigenvalue weighted by molar-refractivity contribution is 5.46. The Kier molecular flexibility index (Phi) is 4.49. The minimum Gasteiger partial charge on any atom is -0.369 e. The predicted octanol–water partition coefficient (Wildman–Crippen LogP) is 1.46. The fourth-order valence-corrected chi connectivity index (χ4v) is 1.54. The Balaban J connectivity index is 1.93. The smallest absolute Gasteiger partial charge is 0.131 e. The van der Waals surface area contributed by atoms with Crippen LogP contribution in [-0.4, -0.2) is 23.1 Å². The van der Waals surface area contributed by atoms with E-state index in [9.17, 15) is 0 Å². The van der Waals surface area contributed by atoms with Crippen LogP contribution in [-0.2, 0) is 6.54 Å². The van der Waals surface area contributed by atoms with Gasteiger partial charge in [0.15, 0.2) is 0 Å². The van der Waals surface area contributed by atoms with Crippen molar-refractivity contribution in [3.05, 3.63) is 48.3 Å². The molecule has 18 heavy (non-hydrogen) atoms. The Morgan fingerprint density at radius 1 is 1.00 bits per heavy atom. The summed E-state index contributed by atoms with van der Waals surface area (Å²) in [7, 11) is 0. The molecule has 0 aliphatic rings. The maximum Gasteiger partial charge on any atom is 0.131 e. The third-order valence-electron chi connectivity index (χ3n) is 2.43. The van der Waals surface area contributed by atoms with Crippen molar-refractivity contribution in [3.8, 4) is 0 Å². The van der Waals surface area contributed by atoms with Gasteiger partial charge in [-0.3, -0.25) is 0 Å². The maximum absolute atomic E-state index is 5.43. The third-order valence-corrected chi connectivity index (χ3v) is 2.43. The van der Waals surface area contributed by atoms with Crippen LogP contribution in [0, 0.1) is 0 Å². The van der Waals surface area contributed by atoms with Crippen LogP contribution in [0.2, 0.25) is 0 Å². The fraction of sp³-hybridized carbons (Fsp3) is 0.231. The largest absolute Gasteiger partial charge is 0.369 e. The summed E-state index contributed by atoms with van der Waals surface area (Å²) in [5.74, 6) is 1.58. The van der Waals surface area contributed by atoms with Crippen molar-refractivity contribution in [2.24, 2.45) is 5.73 Å². The molecule has 0 aliphatic heterocycles. The lowest BCUT2D eigenvalue weighted by atomic mass is 10.2. The summed E-state index contributed by atoms with van der Waals surface area (Å²) in [4.78, 5) is 8.28. The van der Waals surface area contributed by atoms with Gasteiger partial charge in [0, 0.05) is 25.7 Å². The van der Waals surface area contributed by atoms with Crippen LogP contribution < -0.4 is 16.4 Å². The number of hydrogen-bond donors (Lipinski definition) is 3. The molecule has 2 aromatic rings. The second kappa shape index (κ2) is 6.56. The normalized spacial score (nSPS) is 10.1. The zero-order valence-corrected chi connectivity index (χ0v) is 10.1. The topological polar surface area (TPSA) is 75.9 Å². The van der Waals surface area contributed by atoms with Crippen molar-refractivity contribution in [2.75, 3.05) is 23.7 Å². The van der Waals surface area contributed by atoms with Gasteiger partial charge in [-0.2, -0.15) is 0 Å². The lowest BCUT2D eigenvalue weighted by Gasteiger charge is -2.08. The van der Waals surface area contributed by atoms with Gasteiger partial charge >= 0.3 is 0 Å². The van der Waals surface area contributed by atoms with E-state index in [-0.39, 0.29) is 0 Å². The number of nitrogens with two attached hydrogens (primary N) is 1. The Morgan fingerprint density at radius 3 is 2.44 bits per heavy atom. The summed E-state index contributed by atoms with van der Waals surface area (Å²) < 4.78 is 0. The Hall–Kier alpha value is -2.14. The van der Waals surface area contributed by atoms with E-state index in [1.165, 1.54) is 11.9 Å². The van der Waals surface area contributed by atoms with Crippen molar-refractivity contribution in [2.45, 2.75) is 6.54 Å². The molecule has 0 spiro atoms. The van der Waals surface area contributed by atoms with Crippen LogP contribution in [0.1, 0.15) is 5.56 Å². The summed E-state index contributed by atoms with van der Waals surface area (Å²) in [5.41, 5.74) is 6.64. The molecule has 1 aromatic heterocycles. The van der Waals surface area contributed by atoms with Gasteiger partial charge in [-0.1, -0.05) is 30.3 Å². The van der Waals surface area contributed by atoms with Gasteiger partial charge in [0.05, 0.1) is 0 Å². The van der Waals surface area contributed by atoms with Crippen LogP contribution in [0.5, 0.6) is 0 Å². The monoisotopic (exact) mass is 243 g/mol. The molecule has 5 heteroatoms. The summed E-state index contributed by atoms with van der Waals surface area (Å²) in [6.07, 6.45) is 1.53. The summed E-state index contributed by atoms with van der Waals surface area (Å²) in [5, 5.41) is 6.37. The molecular weight excluding hydrogens is 226 g/mol. The minimum absolute atomic E-state index is 0.580. The first-order valence-corrected chi connectivity index (χ1v) is 5.92. The number of aromatic nitrogens is 2. The van der Waals surface area contributed by atoms with Gasteiger partial charge in [0.25, 0.3) is 0 Å². The number of nitrogens with one attached hydrogen (secondary N) is 2. The van der Waals surface area contributed by atoms with Gasteiger partial charge in [0.2, 0.25) is 0 Å². The van der Waals surface area contributed by atoms with Crippen molar-refractivity contribution in [3.63, 3.8) is 0 Å². The van der Waals surface area contributed by atoms with Crippen LogP contribution in [0.15, 0.2) is 42.7 Å². The van der Waals surface area contributed by atoms with E-state index in [1.54, 1.807) is 0 Å². The second-order valence-corrected chi connectivity index (χ2v) is 3.84. The van der Waals surface area contributed by atoms with E-state index in [1.807, 2.05) is 24.3 Å². The molecule has 4 N–H and O–H groups in total. The van der Waals surface area contributed by atoms with Crippen LogP contribution in [0.25, 0.3) is 0 Å². The molecule has 0 saturated carbocycles. The first-order valence-electron chi connectivity index (χ1n) is 5.92. The molecule has 0 saturated heterocycles. The van der Waals surface area contributed by atoms with Gasteiger partial charge in [-0.15, -0.1) is 0 Å². The lowest BCUT2D eigenvalue weighted by Crippen LogP contribution is -2.14. The first kappa shape index (κ1) is 12.3. The number of anilines is 2. The second-order valence-electron chi connectivity index (χ2n) is 3.84. The Bertz CT molecular complexity index is 472. The zero-order chi connectivity index (χ0) is 12.6. The molecule has 0 aliphatic carbocycles. The molecule has 1 aromatic carbocycles. The van der Waals surface area contributed by atoms with Crippen molar-refractivity contribution < 1.29 is 0 Å². The average Bonchev–Trinajstić information content (AvgIpc) is 2.44. The first-order chi connectivity index (χ1) is 8.88. The fourth-order valence-electron chi connectivity index (χ4n) is 1.54. The van der Waals surface area contributed by atoms with E-state index < -0.39 is 0 Å². The van der Waals surface area contributed by atoms with E-state index in [4.69, 9.17) is 5.73 Å². The van der Waals surface area contributed by atoms with Gasteiger partial charge in [-0.25, -0.2) is 9.97 Å². The van der Waals surface area contributed by atoms with Crippen molar-refractivity contribution >= 4 is 11.6 Å². The number of nitrogens with zero attached hydrogens (tertiary/aromatic N) is 2. The molecular formula is C13H17N5. The highest BCUT2D eigenvalue weighted by Gasteiger charge is 1.98. The molecule has 0 fully saturated rings. The Morgan fingerprint density at radius 2 is 1.72 bits per heavy atom. The van der Waals surface area contributed by atoms with Gasteiger partial charge in [0.1, 0.15) is 18.0 Å². The third kappa shape index (κ3) is 3.71. The number of rotatable bonds is 6. The molecule has 0 atom stereocenters. The van der Waals surface area contributed by atoms with E-state index in [0.29, 0.717) is 13.1 Å². The standard InChI is InChI=1S/C13H17N5/c14-6-7-15-12-8-13(18-10-17-12)16-9-11-4-2-1-3-5-11/h1-5,8,10H,6-7,9,14H2,(H2,15,16,17,18). The molecule has 5 nitrogen and oxygen atoms in total. The number of benzene rings is 1. The lowest BCUT2D eigenvalue weighted by molar-refractivity contribution is 1.00. The maximum atomic E-state index is 5.43. The van der Waals surface area contributed by atoms with Crippen LogP contribution in [0.3, 0.4) is 0 Å². The van der Waals surface area contributed by atoms with E-state index >= 15 is 0 Å². The van der Waals surface area contributed by atoms with Crippen LogP contribution in [0.4, 0.5) is 11.6 Å². The van der Waals surface area contributed by atoms with Crippen LogP contribution >= 0.6 is 0 Å². The predicted molar refractivity (Wildman–Crippen MR) is 73.3 cm³/mol. The molecule has 2 rings (SSSR count).